The average Bonchev–Trinajstić information content (AvgIpc) is 3.31. The lowest BCUT2D eigenvalue weighted by atomic mass is 10.1. The van der Waals surface area contributed by atoms with Gasteiger partial charge in [0.15, 0.2) is 6.61 Å². The molecule has 0 aliphatic carbocycles. The first-order valence-corrected chi connectivity index (χ1v) is 11.6. The number of amides is 2. The third-order valence-corrected chi connectivity index (χ3v) is 7.19. The first-order valence-electron chi connectivity index (χ1n) is 9.27. The van der Waals surface area contributed by atoms with Gasteiger partial charge in [-0.1, -0.05) is 12.1 Å². The molecule has 2 N–H and O–H groups in total. The fourth-order valence-electron chi connectivity index (χ4n) is 2.76. The molecule has 1 saturated heterocycles. The second-order valence-corrected chi connectivity index (χ2v) is 9.43. The fourth-order valence-corrected chi connectivity index (χ4v) is 4.81. The topological polar surface area (TPSA) is 131 Å². The number of morpholine rings is 1. The minimum absolute atomic E-state index is 0.0322. The van der Waals surface area contributed by atoms with Gasteiger partial charge in [0.2, 0.25) is 10.0 Å². The summed E-state index contributed by atoms with van der Waals surface area (Å²) in [4.78, 5) is 36.4. The molecule has 1 aliphatic heterocycles. The second-order valence-electron chi connectivity index (χ2n) is 6.55. The van der Waals surface area contributed by atoms with Gasteiger partial charge in [-0.2, -0.15) is 4.31 Å². The van der Waals surface area contributed by atoms with E-state index in [9.17, 15) is 22.8 Å². The van der Waals surface area contributed by atoms with Crippen molar-refractivity contribution in [3.63, 3.8) is 0 Å². The molecule has 2 heterocycles. The number of thiophene rings is 1. The van der Waals surface area contributed by atoms with Crippen molar-refractivity contribution in [3.8, 4) is 0 Å². The minimum Gasteiger partial charge on any atom is -0.452 e. The number of hydrogen-bond acceptors (Lipinski definition) is 8. The van der Waals surface area contributed by atoms with Gasteiger partial charge in [0.25, 0.3) is 11.8 Å². The zero-order valence-electron chi connectivity index (χ0n) is 16.6. The Hall–Kier alpha value is -2.80. The van der Waals surface area contributed by atoms with Crippen LogP contribution in [0.3, 0.4) is 0 Å². The number of esters is 1. The molecule has 0 radical (unpaired) electrons. The van der Waals surface area contributed by atoms with E-state index in [1.807, 2.05) is 0 Å². The molecule has 0 bridgehead atoms. The monoisotopic (exact) mass is 467 g/mol. The zero-order chi connectivity index (χ0) is 22.4. The van der Waals surface area contributed by atoms with Gasteiger partial charge in [-0.05, 0) is 36.1 Å². The number of carbonyl (C=O) groups excluding carboxylic acids is 3. The first kappa shape index (κ1) is 22.9. The highest BCUT2D eigenvalue weighted by Gasteiger charge is 2.27. The third kappa shape index (κ3) is 5.67. The summed E-state index contributed by atoms with van der Waals surface area (Å²) in [7, 11) is -3.79. The number of sulfonamides is 1. The van der Waals surface area contributed by atoms with Gasteiger partial charge >= 0.3 is 5.97 Å². The normalized spacial score (nSPS) is 14.6. The van der Waals surface area contributed by atoms with Crippen LogP contribution >= 0.6 is 11.3 Å². The van der Waals surface area contributed by atoms with E-state index in [1.165, 1.54) is 33.8 Å². The molecular weight excluding hydrogens is 446 g/mol. The maximum Gasteiger partial charge on any atom is 0.338 e. The van der Waals surface area contributed by atoms with Crippen molar-refractivity contribution in [2.75, 3.05) is 32.9 Å². The van der Waals surface area contributed by atoms with Gasteiger partial charge < -0.3 is 9.47 Å². The number of nitrogens with zero attached hydrogens (tertiary/aromatic N) is 1. The number of carbonyl (C=O) groups is 3. The molecule has 2 amide bonds. The molecular formula is C19H21N3O7S2. The Morgan fingerprint density at radius 1 is 1.16 bits per heavy atom. The van der Waals surface area contributed by atoms with Gasteiger partial charge in [0.1, 0.15) is 0 Å². The number of benzene rings is 1. The van der Waals surface area contributed by atoms with Crippen molar-refractivity contribution in [1.29, 1.82) is 0 Å². The van der Waals surface area contributed by atoms with Crippen LogP contribution in [-0.2, 0) is 24.3 Å². The Balaban J connectivity index is 1.60. The first-order chi connectivity index (χ1) is 14.8. The molecule has 0 spiro atoms. The molecule has 0 atom stereocenters. The lowest BCUT2D eigenvalue weighted by molar-refractivity contribution is -0.125. The summed E-state index contributed by atoms with van der Waals surface area (Å²) in [5, 5.41) is 1.72. The van der Waals surface area contributed by atoms with Gasteiger partial charge in [-0.3, -0.25) is 20.4 Å². The molecule has 10 nitrogen and oxygen atoms in total. The highest BCUT2D eigenvalue weighted by molar-refractivity contribution is 7.89. The molecule has 1 aromatic heterocycles. The summed E-state index contributed by atoms with van der Waals surface area (Å²) < 4.78 is 37.0. The molecule has 31 heavy (non-hydrogen) atoms. The van der Waals surface area contributed by atoms with Crippen molar-refractivity contribution in [3.05, 3.63) is 51.7 Å². The maximum absolute atomic E-state index is 12.8. The van der Waals surface area contributed by atoms with Crippen LogP contribution in [-0.4, -0.2) is 63.4 Å². The Bertz CT molecular complexity index is 1060. The molecule has 1 aromatic carbocycles. The smallest absolute Gasteiger partial charge is 0.338 e. The van der Waals surface area contributed by atoms with Crippen LogP contribution in [0.15, 0.2) is 40.6 Å². The SMILES string of the molecule is Cc1ccc(S(=O)(=O)N2CCOCC2)cc1C(=O)OCC(=O)NNC(=O)c1cccs1. The van der Waals surface area contributed by atoms with E-state index in [1.54, 1.807) is 24.4 Å². The fraction of sp³-hybridized carbons (Fsp3) is 0.316. The van der Waals surface area contributed by atoms with Crippen molar-refractivity contribution in [1.82, 2.24) is 15.2 Å². The highest BCUT2D eigenvalue weighted by atomic mass is 32.2. The van der Waals surface area contributed by atoms with E-state index in [0.717, 1.165) is 0 Å². The summed E-state index contributed by atoms with van der Waals surface area (Å²) in [5.74, 6) is -2.09. The summed E-state index contributed by atoms with van der Waals surface area (Å²) in [6.07, 6.45) is 0. The van der Waals surface area contributed by atoms with Crippen molar-refractivity contribution in [2.24, 2.45) is 0 Å². The van der Waals surface area contributed by atoms with Crippen LogP contribution in [0.5, 0.6) is 0 Å². The van der Waals surface area contributed by atoms with Crippen LogP contribution < -0.4 is 10.9 Å². The van der Waals surface area contributed by atoms with E-state index in [0.29, 0.717) is 23.7 Å². The van der Waals surface area contributed by atoms with E-state index in [4.69, 9.17) is 9.47 Å². The summed E-state index contributed by atoms with van der Waals surface area (Å²) in [6, 6.07) is 7.44. The molecule has 3 rings (SSSR count). The van der Waals surface area contributed by atoms with E-state index >= 15 is 0 Å². The number of hydrazine groups is 1. The van der Waals surface area contributed by atoms with Gasteiger partial charge in [0, 0.05) is 13.1 Å². The number of aryl methyl sites for hydroxylation is 1. The lowest BCUT2D eigenvalue weighted by Crippen LogP contribution is -2.43. The molecule has 0 saturated carbocycles. The lowest BCUT2D eigenvalue weighted by Gasteiger charge is -2.26. The molecule has 1 fully saturated rings. The van der Waals surface area contributed by atoms with Gasteiger partial charge in [-0.15, -0.1) is 11.3 Å². The second kappa shape index (κ2) is 10.0. The molecule has 0 unspecified atom stereocenters. The van der Waals surface area contributed by atoms with Crippen LogP contribution in [0, 0.1) is 6.92 Å². The van der Waals surface area contributed by atoms with Crippen molar-refractivity contribution < 1.29 is 32.3 Å². The Morgan fingerprint density at radius 3 is 2.58 bits per heavy atom. The number of nitrogens with one attached hydrogen (secondary N) is 2. The van der Waals surface area contributed by atoms with Crippen LogP contribution in [0.4, 0.5) is 0 Å². The molecule has 2 aromatic rings. The number of rotatable bonds is 6. The number of hydrogen-bond donors (Lipinski definition) is 2. The molecule has 1 aliphatic rings. The minimum atomic E-state index is -3.79. The van der Waals surface area contributed by atoms with Crippen molar-refractivity contribution in [2.45, 2.75) is 11.8 Å². The van der Waals surface area contributed by atoms with Crippen molar-refractivity contribution >= 4 is 39.1 Å². The predicted octanol–water partition coefficient (Wildman–Crippen LogP) is 0.695. The van der Waals surface area contributed by atoms with E-state index in [-0.39, 0.29) is 23.5 Å². The Labute approximate surface area is 183 Å². The molecule has 166 valence electrons. The predicted molar refractivity (Wildman–Crippen MR) is 111 cm³/mol. The van der Waals surface area contributed by atoms with E-state index < -0.39 is 34.4 Å². The van der Waals surface area contributed by atoms with Crippen LogP contribution in [0.25, 0.3) is 0 Å². The average molecular weight is 468 g/mol. The summed E-state index contributed by atoms with van der Waals surface area (Å²) >= 11 is 1.21. The standard InChI is InChI=1S/C19H21N3O7S2/c1-13-4-5-14(31(26,27)22-6-8-28-9-7-22)11-15(13)19(25)29-12-17(23)20-21-18(24)16-3-2-10-30-16/h2-5,10-11H,6-9,12H2,1H3,(H,20,23)(H,21,24). The van der Waals surface area contributed by atoms with Crippen LogP contribution in [0.2, 0.25) is 0 Å². The van der Waals surface area contributed by atoms with E-state index in [2.05, 4.69) is 10.9 Å². The quantitative estimate of drug-likeness (QED) is 0.472. The Morgan fingerprint density at radius 2 is 1.90 bits per heavy atom. The number of ether oxygens (including phenoxy) is 2. The maximum atomic E-state index is 12.8. The molecule has 12 heteroatoms. The van der Waals surface area contributed by atoms with Gasteiger partial charge in [0.05, 0.1) is 28.5 Å². The van der Waals surface area contributed by atoms with Gasteiger partial charge in [-0.25, -0.2) is 13.2 Å². The summed E-state index contributed by atoms with van der Waals surface area (Å²) in [6.45, 7) is 2.05. The summed E-state index contributed by atoms with van der Waals surface area (Å²) in [5.41, 5.74) is 4.89. The third-order valence-electron chi connectivity index (χ3n) is 4.43. The highest BCUT2D eigenvalue weighted by Crippen LogP contribution is 2.21. The Kier molecular flexibility index (Phi) is 7.38. The largest absolute Gasteiger partial charge is 0.452 e. The zero-order valence-corrected chi connectivity index (χ0v) is 18.3. The van der Waals surface area contributed by atoms with Crippen LogP contribution in [0.1, 0.15) is 25.6 Å².